The number of H-pyrrole nitrogens is 1. The second-order valence-corrected chi connectivity index (χ2v) is 10.0. The third-order valence-electron chi connectivity index (χ3n) is 7.14. The number of methoxy groups -OCH3 is 1. The minimum absolute atomic E-state index is 0.0143. The van der Waals surface area contributed by atoms with Gasteiger partial charge in [-0.15, -0.1) is 0 Å². The Morgan fingerprint density at radius 3 is 2.91 bits per heavy atom. The van der Waals surface area contributed by atoms with Gasteiger partial charge in [-0.1, -0.05) is 19.9 Å². The molecule has 0 radical (unpaired) electrons. The van der Waals surface area contributed by atoms with Crippen LogP contribution in [0.25, 0.3) is 11.3 Å². The number of nitrogens with zero attached hydrogens (tertiary/aromatic N) is 1. The average Bonchev–Trinajstić information content (AvgIpc) is 3.51. The number of amides is 1. The zero-order valence-electron chi connectivity index (χ0n) is 19.8. The molecule has 1 amide bonds. The molecule has 2 aliphatic heterocycles. The van der Waals surface area contributed by atoms with Gasteiger partial charge in [-0.25, -0.2) is 4.39 Å². The first kappa shape index (κ1) is 21.9. The Balaban J connectivity index is 1.43. The average molecular weight is 479 g/mol. The van der Waals surface area contributed by atoms with Gasteiger partial charge in [0.1, 0.15) is 12.4 Å². The second-order valence-electron chi connectivity index (χ2n) is 10.0. The van der Waals surface area contributed by atoms with Gasteiger partial charge >= 0.3 is 0 Å². The zero-order chi connectivity index (χ0) is 24.3. The van der Waals surface area contributed by atoms with Crippen LogP contribution in [-0.2, 0) is 4.74 Å². The summed E-state index contributed by atoms with van der Waals surface area (Å²) in [5.41, 5.74) is 3.83. The minimum atomic E-state index is -0.494. The molecule has 3 N–H and O–H groups in total. The van der Waals surface area contributed by atoms with Crippen molar-refractivity contribution < 1.29 is 23.4 Å². The Bertz CT molecular complexity index is 1320. The Morgan fingerprint density at radius 1 is 1.31 bits per heavy atom. The Kier molecular flexibility index (Phi) is 5.00. The number of pyridine rings is 1. The first-order valence-corrected chi connectivity index (χ1v) is 11.7. The smallest absolute Gasteiger partial charge is 0.255 e. The lowest BCUT2D eigenvalue weighted by Gasteiger charge is -2.43. The lowest BCUT2D eigenvalue weighted by atomic mass is 9.83. The molecule has 3 aliphatic rings. The van der Waals surface area contributed by atoms with Gasteiger partial charge in [-0.05, 0) is 24.6 Å². The Hall–Kier alpha value is -3.59. The number of nitrogens with one attached hydrogen (secondary N) is 3. The lowest BCUT2D eigenvalue weighted by molar-refractivity contribution is -0.180. The van der Waals surface area contributed by atoms with Crippen LogP contribution in [0, 0.1) is 11.2 Å². The number of benzene rings is 1. The van der Waals surface area contributed by atoms with Crippen LogP contribution in [0.4, 0.5) is 15.8 Å². The maximum atomic E-state index is 14.4. The molecule has 2 fully saturated rings. The molecule has 3 atom stereocenters. The summed E-state index contributed by atoms with van der Waals surface area (Å²) >= 11 is 0. The van der Waals surface area contributed by atoms with Gasteiger partial charge in [-0.2, -0.15) is 0 Å². The first-order valence-electron chi connectivity index (χ1n) is 11.7. The molecule has 1 aliphatic carbocycles. The summed E-state index contributed by atoms with van der Waals surface area (Å²) in [4.78, 5) is 20.8. The van der Waals surface area contributed by atoms with Crippen LogP contribution in [-0.4, -0.2) is 48.3 Å². The van der Waals surface area contributed by atoms with E-state index >= 15 is 0 Å². The van der Waals surface area contributed by atoms with E-state index in [0.29, 0.717) is 41.6 Å². The van der Waals surface area contributed by atoms with Crippen molar-refractivity contribution in [3.63, 3.8) is 0 Å². The van der Waals surface area contributed by atoms with Crippen molar-refractivity contribution in [3.8, 4) is 22.8 Å². The monoisotopic (exact) mass is 478 g/mol. The highest BCUT2D eigenvalue weighted by Crippen LogP contribution is 2.51. The topological polar surface area (TPSA) is 97.5 Å². The number of fused-ring (bicyclic) bond motifs is 3. The zero-order valence-corrected chi connectivity index (χ0v) is 19.8. The number of aromatic nitrogens is 2. The molecule has 1 aromatic carbocycles. The SMILES string of the molecule is COc1c(F)cccc1Nc1c(-c2ccncc2OC[C@H]2OCC2(C)C)[nH]c2c1C(=O)N[C@@H]1C[C@H]21. The van der Waals surface area contributed by atoms with E-state index in [1.165, 1.54) is 13.2 Å². The molecular formula is C26H27FN4O4. The highest BCUT2D eigenvalue weighted by Gasteiger charge is 2.48. The third kappa shape index (κ3) is 3.61. The standard InChI is InChI=1S/C26H27FN4O4/c1-26(2)12-35-19(26)11-34-18-10-28-8-7-13(18)22-23(29-16-6-4-5-15(27)24(16)33-3)20-21(31-22)14-9-17(14)30-25(20)32/h4-8,10,14,17,19,29,31H,9,11-12H2,1-3H3,(H,30,32)/t14-,17+,19+/m0/s1. The number of halogens is 1. The van der Waals surface area contributed by atoms with Gasteiger partial charge in [0.25, 0.3) is 5.91 Å². The molecule has 182 valence electrons. The number of ether oxygens (including phenoxy) is 3. The first-order chi connectivity index (χ1) is 16.9. The van der Waals surface area contributed by atoms with Crippen LogP contribution >= 0.6 is 0 Å². The maximum Gasteiger partial charge on any atom is 0.255 e. The predicted octanol–water partition coefficient (Wildman–Crippen LogP) is 4.37. The normalized spacial score (nSPS) is 23.4. The number of anilines is 2. The fourth-order valence-electron chi connectivity index (χ4n) is 4.90. The van der Waals surface area contributed by atoms with Gasteiger partial charge in [0.15, 0.2) is 11.6 Å². The van der Waals surface area contributed by atoms with Crippen molar-refractivity contribution in [2.45, 2.75) is 38.3 Å². The molecule has 1 saturated heterocycles. The molecule has 6 rings (SSSR count). The van der Waals surface area contributed by atoms with Crippen molar-refractivity contribution in [2.24, 2.45) is 5.41 Å². The molecule has 9 heteroatoms. The molecule has 3 aromatic rings. The van der Waals surface area contributed by atoms with Crippen LogP contribution < -0.4 is 20.1 Å². The van der Waals surface area contributed by atoms with Crippen molar-refractivity contribution in [1.29, 1.82) is 0 Å². The molecule has 0 bridgehead atoms. The number of para-hydroxylation sites is 1. The fraction of sp³-hybridized carbons (Fsp3) is 0.385. The number of carbonyl (C=O) groups is 1. The molecule has 35 heavy (non-hydrogen) atoms. The number of aromatic amines is 1. The van der Waals surface area contributed by atoms with Crippen molar-refractivity contribution in [2.75, 3.05) is 25.6 Å². The Morgan fingerprint density at radius 2 is 2.17 bits per heavy atom. The van der Waals surface area contributed by atoms with Crippen LogP contribution in [0.3, 0.4) is 0 Å². The summed E-state index contributed by atoms with van der Waals surface area (Å²) in [5, 5.41) is 6.33. The Labute approximate surface area is 202 Å². The van der Waals surface area contributed by atoms with Gasteiger partial charge in [0.2, 0.25) is 0 Å². The molecule has 2 aromatic heterocycles. The summed E-state index contributed by atoms with van der Waals surface area (Å²) in [7, 11) is 1.41. The van der Waals surface area contributed by atoms with E-state index in [4.69, 9.17) is 14.2 Å². The number of hydrogen-bond donors (Lipinski definition) is 3. The molecule has 0 spiro atoms. The van der Waals surface area contributed by atoms with E-state index in [2.05, 4.69) is 34.4 Å². The van der Waals surface area contributed by atoms with Gasteiger partial charge in [-0.3, -0.25) is 9.78 Å². The predicted molar refractivity (Wildman–Crippen MR) is 128 cm³/mol. The van der Waals surface area contributed by atoms with Crippen LogP contribution in [0.2, 0.25) is 0 Å². The molecule has 4 heterocycles. The largest absolute Gasteiger partial charge is 0.492 e. The van der Waals surface area contributed by atoms with Gasteiger partial charge in [0, 0.05) is 34.8 Å². The third-order valence-corrected chi connectivity index (χ3v) is 7.14. The quantitative estimate of drug-likeness (QED) is 0.467. The van der Waals surface area contributed by atoms with Gasteiger partial charge in [0.05, 0.1) is 48.6 Å². The highest BCUT2D eigenvalue weighted by atomic mass is 19.1. The second kappa shape index (κ2) is 7.98. The van der Waals surface area contributed by atoms with E-state index in [1.54, 1.807) is 24.5 Å². The van der Waals surface area contributed by atoms with E-state index in [0.717, 1.165) is 17.7 Å². The lowest BCUT2D eigenvalue weighted by Crippen LogP contribution is -2.50. The summed E-state index contributed by atoms with van der Waals surface area (Å²) in [6.45, 7) is 5.38. The van der Waals surface area contributed by atoms with E-state index in [9.17, 15) is 9.18 Å². The van der Waals surface area contributed by atoms with Crippen LogP contribution in [0.5, 0.6) is 11.5 Å². The summed E-state index contributed by atoms with van der Waals surface area (Å²) in [5.74, 6) is 0.206. The summed E-state index contributed by atoms with van der Waals surface area (Å²) < 4.78 is 31.6. The fourth-order valence-corrected chi connectivity index (χ4v) is 4.90. The molecule has 8 nitrogen and oxygen atoms in total. The number of rotatable bonds is 7. The van der Waals surface area contributed by atoms with Crippen LogP contribution in [0.1, 0.15) is 42.2 Å². The highest BCUT2D eigenvalue weighted by molar-refractivity contribution is 6.07. The molecule has 1 saturated carbocycles. The number of hydrogen-bond acceptors (Lipinski definition) is 6. The van der Waals surface area contributed by atoms with E-state index in [-0.39, 0.29) is 35.1 Å². The van der Waals surface area contributed by atoms with Gasteiger partial charge < -0.3 is 29.8 Å². The van der Waals surface area contributed by atoms with E-state index in [1.807, 2.05) is 6.07 Å². The minimum Gasteiger partial charge on any atom is -0.492 e. The van der Waals surface area contributed by atoms with Crippen molar-refractivity contribution >= 4 is 17.3 Å². The van der Waals surface area contributed by atoms with Crippen molar-refractivity contribution in [1.82, 2.24) is 15.3 Å². The van der Waals surface area contributed by atoms with E-state index < -0.39 is 5.82 Å². The van der Waals surface area contributed by atoms with Crippen molar-refractivity contribution in [3.05, 3.63) is 53.7 Å². The molecular weight excluding hydrogens is 451 g/mol. The van der Waals surface area contributed by atoms with Crippen LogP contribution in [0.15, 0.2) is 36.7 Å². The maximum absolute atomic E-state index is 14.4. The summed E-state index contributed by atoms with van der Waals surface area (Å²) in [6.07, 6.45) is 4.21. The molecule has 0 unspecified atom stereocenters. The summed E-state index contributed by atoms with van der Waals surface area (Å²) in [6, 6.07) is 6.63. The number of carbonyl (C=O) groups excluding carboxylic acids is 1.